The number of nitrogen functional groups attached to an aromatic ring is 1. The van der Waals surface area contributed by atoms with E-state index in [2.05, 4.69) is 32.8 Å². The lowest BCUT2D eigenvalue weighted by atomic mass is 9.86. The SMILES string of the molecule is CN1CC2CC(C1)N2c1nc(OC[C@@]23CCCN2CC(F)C3)nc2c(F)c(-c3c(F)ccc4sc(N)c(C#N)c34)c3c(c12)COC3. The van der Waals surface area contributed by atoms with Gasteiger partial charge in [0.1, 0.15) is 41.0 Å². The molecule has 46 heavy (non-hydrogen) atoms. The summed E-state index contributed by atoms with van der Waals surface area (Å²) in [5, 5.41) is 11.0. The molecular formula is C33H32F3N7O2S. The Bertz CT molecular complexity index is 1990. The molecule has 0 amide bonds. The number of nitriles is 1. The van der Waals surface area contributed by atoms with Crippen molar-refractivity contribution in [1.29, 1.82) is 5.26 Å². The summed E-state index contributed by atoms with van der Waals surface area (Å²) in [5.74, 6) is -0.795. The first-order chi connectivity index (χ1) is 22.3. The molecule has 6 aliphatic rings. The standard InChI is InChI=1S/C33H32F3N7O2S/c1-41-11-17-7-18(12-41)43(17)31-26-21-14-44-13-20(21)25(27-22(35)3-4-23-24(27)19(9-37)30(38)46-23)28(36)29(26)39-32(40-31)45-15-33-5-2-6-42(33)10-16(34)8-33/h3-4,16-18H,2,5-8,10-15,38H2,1H3/t16?,17?,18?,33-/m0/s1. The van der Waals surface area contributed by atoms with Crippen molar-refractivity contribution in [2.24, 2.45) is 0 Å². The van der Waals surface area contributed by atoms with Gasteiger partial charge in [-0.05, 0) is 56.1 Å². The average Bonchev–Trinajstić information content (AvgIpc) is 3.79. The van der Waals surface area contributed by atoms with Crippen molar-refractivity contribution in [1.82, 2.24) is 19.8 Å². The molecule has 4 aromatic rings. The van der Waals surface area contributed by atoms with Crippen molar-refractivity contribution in [2.45, 2.75) is 62.7 Å². The second kappa shape index (κ2) is 10.1. The molecule has 10 rings (SSSR count). The summed E-state index contributed by atoms with van der Waals surface area (Å²) in [6.07, 6.45) is 2.25. The van der Waals surface area contributed by atoms with Crippen LogP contribution in [0.15, 0.2) is 12.1 Å². The lowest BCUT2D eigenvalue weighted by molar-refractivity contribution is 0.107. The number of nitrogens with zero attached hydrogens (tertiary/aromatic N) is 6. The number of thiophene rings is 1. The molecule has 8 heterocycles. The Labute approximate surface area is 267 Å². The first kappa shape index (κ1) is 28.5. The van der Waals surface area contributed by atoms with E-state index in [0.29, 0.717) is 40.0 Å². The van der Waals surface area contributed by atoms with Gasteiger partial charge in [-0.2, -0.15) is 15.2 Å². The van der Waals surface area contributed by atoms with Crippen LogP contribution >= 0.6 is 11.3 Å². The van der Waals surface area contributed by atoms with Gasteiger partial charge >= 0.3 is 6.01 Å². The highest BCUT2D eigenvalue weighted by molar-refractivity contribution is 7.23. The van der Waals surface area contributed by atoms with E-state index in [1.54, 1.807) is 6.07 Å². The Morgan fingerprint density at radius 3 is 2.74 bits per heavy atom. The summed E-state index contributed by atoms with van der Waals surface area (Å²) >= 11 is 1.17. The smallest absolute Gasteiger partial charge is 0.319 e. The maximum absolute atomic E-state index is 17.3. The van der Waals surface area contributed by atoms with Crippen LogP contribution in [-0.2, 0) is 18.0 Å². The first-order valence-corrected chi connectivity index (χ1v) is 16.6. The number of hydrogen-bond donors (Lipinski definition) is 1. The van der Waals surface area contributed by atoms with E-state index in [1.807, 2.05) is 0 Å². The number of halogens is 3. The molecule has 2 aromatic heterocycles. The summed E-state index contributed by atoms with van der Waals surface area (Å²) in [5.41, 5.74) is 7.10. The van der Waals surface area contributed by atoms with Crippen molar-refractivity contribution in [3.05, 3.63) is 40.5 Å². The second-order valence-electron chi connectivity index (χ2n) is 13.5. The molecule has 238 valence electrons. The van der Waals surface area contributed by atoms with Gasteiger partial charge in [-0.1, -0.05) is 0 Å². The third kappa shape index (κ3) is 3.96. The molecule has 0 spiro atoms. The molecule has 4 atom stereocenters. The highest BCUT2D eigenvalue weighted by Crippen LogP contribution is 2.49. The minimum absolute atomic E-state index is 0.0178. The number of piperidine rings is 1. The summed E-state index contributed by atoms with van der Waals surface area (Å²) < 4.78 is 60.6. The number of hydrogen-bond acceptors (Lipinski definition) is 10. The summed E-state index contributed by atoms with van der Waals surface area (Å²) in [4.78, 5) is 16.3. The van der Waals surface area contributed by atoms with E-state index in [1.165, 1.54) is 17.4 Å². The van der Waals surface area contributed by atoms with Crippen LogP contribution < -0.4 is 15.4 Å². The van der Waals surface area contributed by atoms with Gasteiger partial charge in [0.2, 0.25) is 0 Å². The summed E-state index contributed by atoms with van der Waals surface area (Å²) in [6, 6.07) is 5.35. The molecule has 2 bridgehead atoms. The van der Waals surface area contributed by atoms with Crippen LogP contribution in [0.4, 0.5) is 24.0 Å². The molecular weight excluding hydrogens is 615 g/mol. The topological polar surface area (TPSA) is 104 Å². The van der Waals surface area contributed by atoms with Crippen molar-refractivity contribution in [3.8, 4) is 23.2 Å². The minimum atomic E-state index is -0.918. The summed E-state index contributed by atoms with van der Waals surface area (Å²) in [6.45, 7) is 3.35. The number of likely N-dealkylation sites (N-methyl/N-ethyl adjacent to an activating group) is 1. The predicted molar refractivity (Wildman–Crippen MR) is 169 cm³/mol. The third-order valence-corrected chi connectivity index (χ3v) is 11.8. The largest absolute Gasteiger partial charge is 0.461 e. The van der Waals surface area contributed by atoms with Crippen LogP contribution in [0.3, 0.4) is 0 Å². The van der Waals surface area contributed by atoms with Gasteiger partial charge in [0.15, 0.2) is 5.82 Å². The van der Waals surface area contributed by atoms with E-state index in [9.17, 15) is 9.65 Å². The Morgan fingerprint density at radius 2 is 1.93 bits per heavy atom. The van der Waals surface area contributed by atoms with Crippen LogP contribution in [0.1, 0.15) is 42.4 Å². The van der Waals surface area contributed by atoms with Gasteiger partial charge in [0, 0.05) is 59.4 Å². The van der Waals surface area contributed by atoms with E-state index >= 15 is 8.78 Å². The zero-order chi connectivity index (χ0) is 31.5. The van der Waals surface area contributed by atoms with E-state index in [-0.39, 0.29) is 70.5 Å². The van der Waals surface area contributed by atoms with E-state index < -0.39 is 23.3 Å². The van der Waals surface area contributed by atoms with Crippen molar-refractivity contribution < 1.29 is 22.6 Å². The zero-order valence-electron chi connectivity index (χ0n) is 25.3. The van der Waals surface area contributed by atoms with Crippen LogP contribution in [0.25, 0.3) is 32.1 Å². The van der Waals surface area contributed by atoms with E-state index in [0.717, 1.165) is 38.9 Å². The number of aromatic nitrogens is 2. The average molecular weight is 648 g/mol. The molecule has 2 N–H and O–H groups in total. The number of rotatable bonds is 5. The Kier molecular flexibility index (Phi) is 6.29. The molecule has 0 radical (unpaired) electrons. The Morgan fingerprint density at radius 1 is 1.13 bits per heavy atom. The number of piperazine rings is 1. The van der Waals surface area contributed by atoms with Gasteiger partial charge in [-0.3, -0.25) is 4.90 Å². The first-order valence-electron chi connectivity index (χ1n) is 15.8. The van der Waals surface area contributed by atoms with Crippen molar-refractivity contribution >= 4 is 43.1 Å². The lowest BCUT2D eigenvalue weighted by Crippen LogP contribution is -2.68. The molecule has 0 aliphatic carbocycles. The Balaban J connectivity index is 1.26. The van der Waals surface area contributed by atoms with Crippen LogP contribution in [0.2, 0.25) is 0 Å². The fourth-order valence-corrected chi connectivity index (χ4v) is 9.79. The fraction of sp³-hybridized carbons (Fsp3) is 0.485. The molecule has 3 unspecified atom stereocenters. The van der Waals surface area contributed by atoms with Crippen LogP contribution in [0, 0.1) is 23.0 Å². The van der Waals surface area contributed by atoms with Gasteiger partial charge in [0.25, 0.3) is 0 Å². The number of fused-ring (bicyclic) bond motifs is 7. The van der Waals surface area contributed by atoms with Gasteiger partial charge in [0.05, 0.1) is 29.7 Å². The highest BCUT2D eigenvalue weighted by atomic mass is 32.1. The number of nitrogens with two attached hydrogens (primary N) is 1. The fourth-order valence-electron chi connectivity index (χ4n) is 8.86. The maximum Gasteiger partial charge on any atom is 0.319 e. The molecule has 6 aliphatic heterocycles. The molecule has 5 saturated heterocycles. The number of benzene rings is 2. The molecule has 13 heteroatoms. The monoisotopic (exact) mass is 647 g/mol. The molecule has 2 aromatic carbocycles. The molecule has 0 saturated carbocycles. The second-order valence-corrected chi connectivity index (χ2v) is 14.6. The zero-order valence-corrected chi connectivity index (χ0v) is 26.1. The molecule has 9 nitrogen and oxygen atoms in total. The number of anilines is 2. The quantitative estimate of drug-likeness (QED) is 0.316. The van der Waals surface area contributed by atoms with Crippen molar-refractivity contribution in [3.63, 3.8) is 0 Å². The maximum atomic E-state index is 17.3. The van der Waals surface area contributed by atoms with E-state index in [4.69, 9.17) is 20.2 Å². The lowest BCUT2D eigenvalue weighted by Gasteiger charge is -2.56. The van der Waals surface area contributed by atoms with Crippen LogP contribution in [0.5, 0.6) is 6.01 Å². The molecule has 5 fully saturated rings. The number of ether oxygens (including phenoxy) is 2. The number of alkyl halides is 1. The predicted octanol–water partition coefficient (Wildman–Crippen LogP) is 5.12. The minimum Gasteiger partial charge on any atom is -0.461 e. The normalized spacial score (nSPS) is 27.3. The van der Waals surface area contributed by atoms with Crippen LogP contribution in [-0.4, -0.2) is 83.4 Å². The highest BCUT2D eigenvalue weighted by Gasteiger charge is 2.50. The van der Waals surface area contributed by atoms with Gasteiger partial charge < -0.3 is 25.0 Å². The third-order valence-electron chi connectivity index (χ3n) is 10.8. The van der Waals surface area contributed by atoms with Gasteiger partial charge in [-0.15, -0.1) is 11.3 Å². The Hall–Kier alpha value is -3.70. The summed E-state index contributed by atoms with van der Waals surface area (Å²) in [7, 11) is 2.09. The van der Waals surface area contributed by atoms with Crippen molar-refractivity contribution in [2.75, 3.05) is 50.5 Å². The van der Waals surface area contributed by atoms with Gasteiger partial charge in [-0.25, -0.2) is 13.2 Å².